The molecule has 0 aliphatic carbocycles. The fourth-order valence-electron chi connectivity index (χ4n) is 9.83. The zero-order chi connectivity index (χ0) is 51.6. The van der Waals surface area contributed by atoms with E-state index < -0.39 is 49.0 Å². The van der Waals surface area contributed by atoms with Crippen molar-refractivity contribution in [1.82, 2.24) is 5.32 Å². The zero-order valence-electron chi connectivity index (χ0n) is 46.0. The van der Waals surface area contributed by atoms with Crippen molar-refractivity contribution >= 4 is 28.8 Å². The van der Waals surface area contributed by atoms with Crippen molar-refractivity contribution < 1.29 is 39.7 Å². The summed E-state index contributed by atoms with van der Waals surface area (Å²) in [4.78, 5) is 1.99. The van der Waals surface area contributed by atoms with E-state index in [1.54, 1.807) is 0 Å². The van der Waals surface area contributed by atoms with Crippen LogP contribution in [0.5, 0.6) is 0 Å². The topological polar surface area (TPSA) is 156 Å². The van der Waals surface area contributed by atoms with Crippen molar-refractivity contribution in [2.75, 3.05) is 44.1 Å². The molecule has 0 aromatic heterocycles. The summed E-state index contributed by atoms with van der Waals surface area (Å²) in [7, 11) is 3.92. The average Bonchev–Trinajstić information content (AvgIpc) is 3.36. The van der Waals surface area contributed by atoms with Crippen LogP contribution in [0.4, 0.5) is 11.4 Å². The fourth-order valence-corrected chi connectivity index (χ4v) is 10.0. The summed E-state index contributed by atoms with van der Waals surface area (Å²) >= 11 is 5.38. The summed E-state index contributed by atoms with van der Waals surface area (Å²) in [5.41, 5.74) is 1.76. The molecule has 416 valence electrons. The molecule has 1 aromatic carbocycles. The molecule has 71 heavy (non-hydrogen) atoms. The van der Waals surface area contributed by atoms with E-state index in [1.165, 1.54) is 199 Å². The first-order chi connectivity index (χ1) is 34.6. The monoisotopic (exact) mass is 1020 g/mol. The predicted molar refractivity (Wildman–Crippen MR) is 302 cm³/mol. The summed E-state index contributed by atoms with van der Waals surface area (Å²) < 4.78 is 17.7. The lowest BCUT2D eigenvalue weighted by Gasteiger charge is -2.40. The van der Waals surface area contributed by atoms with Gasteiger partial charge in [0.2, 0.25) is 0 Å². The second-order valence-electron chi connectivity index (χ2n) is 21.4. The third kappa shape index (κ3) is 33.1. The number of unbranched alkanes of at least 4 members (excludes halogenated alkanes) is 34. The molecule has 11 nitrogen and oxygen atoms in total. The van der Waals surface area contributed by atoms with E-state index in [2.05, 4.69) is 24.5 Å². The molecule has 7 N–H and O–H groups in total. The van der Waals surface area contributed by atoms with Crippen LogP contribution in [0.3, 0.4) is 0 Å². The summed E-state index contributed by atoms with van der Waals surface area (Å²) in [6.07, 6.45) is 38.5. The van der Waals surface area contributed by atoms with Gasteiger partial charge in [0.05, 0.1) is 24.9 Å². The van der Waals surface area contributed by atoms with Crippen molar-refractivity contribution in [3.05, 3.63) is 24.3 Å². The number of benzene rings is 1. The first kappa shape index (κ1) is 65.5. The Morgan fingerprint density at radius 2 is 0.958 bits per heavy atom. The van der Waals surface area contributed by atoms with Gasteiger partial charge in [-0.1, -0.05) is 239 Å². The number of nitrogens with zero attached hydrogens (tertiary/aromatic N) is 1. The van der Waals surface area contributed by atoms with Crippen molar-refractivity contribution in [3.63, 3.8) is 0 Å². The lowest BCUT2D eigenvalue weighted by molar-refractivity contribution is -0.302. The van der Waals surface area contributed by atoms with Gasteiger partial charge in [-0.25, -0.2) is 0 Å². The van der Waals surface area contributed by atoms with Crippen LogP contribution in [0, 0.1) is 0 Å². The van der Waals surface area contributed by atoms with Crippen LogP contribution in [0.15, 0.2) is 24.3 Å². The first-order valence-corrected chi connectivity index (χ1v) is 30.1. The van der Waals surface area contributed by atoms with Gasteiger partial charge >= 0.3 is 0 Å². The number of rotatable bonds is 48. The molecule has 1 aliphatic rings. The van der Waals surface area contributed by atoms with E-state index >= 15 is 0 Å². The minimum absolute atomic E-state index is 0.0618. The molecule has 1 aromatic rings. The quantitative estimate of drug-likeness (QED) is 0.0245. The van der Waals surface area contributed by atoms with Crippen molar-refractivity contribution in [3.8, 4) is 0 Å². The normalized spacial score (nSPS) is 19.4. The van der Waals surface area contributed by atoms with E-state index in [0.29, 0.717) is 13.0 Å². The minimum atomic E-state index is -1.56. The number of hydrogen-bond acceptors (Lipinski definition) is 11. The molecule has 1 saturated heterocycles. The summed E-state index contributed by atoms with van der Waals surface area (Å²) in [6, 6.07) is 7.00. The minimum Gasteiger partial charge on any atom is -0.468 e. The van der Waals surface area contributed by atoms with E-state index in [4.69, 9.17) is 26.4 Å². The van der Waals surface area contributed by atoms with Gasteiger partial charge in [0.1, 0.15) is 31.0 Å². The largest absolute Gasteiger partial charge is 0.468 e. The fraction of sp³-hybridized carbons (Fsp3) is 0.881. The van der Waals surface area contributed by atoms with Gasteiger partial charge in [-0.05, 0) is 55.9 Å². The second-order valence-corrected chi connectivity index (χ2v) is 21.8. The average molecular weight is 1020 g/mol. The van der Waals surface area contributed by atoms with E-state index in [1.807, 2.05) is 43.3 Å². The van der Waals surface area contributed by atoms with Crippen molar-refractivity contribution in [2.24, 2.45) is 0 Å². The molecule has 0 unspecified atom stereocenters. The standard InChI is InChI=1S/C59H111N3O8S/c1-5-7-9-11-13-15-17-19-20-21-22-23-24-25-26-27-28-29-30-32-34-36-38-40-46-60-51(54(64)52(63)41-39-37-35-33-31-18-16-14-12-10-8-6-2)47-68-58-57(67)56(66)55(65)53(70-58)48-69-59(71)61-49-42-44-50(45-43-49)62(3)4/h42-45,51-58,60,63-67H,5-41,46-48H2,1-4H3,(H,61,71)/t51-,52+,53+,54-,55-,56-,57+,58+/m0/s1. The van der Waals surface area contributed by atoms with Gasteiger partial charge < -0.3 is 55.3 Å². The molecule has 0 spiro atoms. The predicted octanol–water partition coefficient (Wildman–Crippen LogP) is 13.4. The molecule has 1 heterocycles. The summed E-state index contributed by atoms with van der Waals surface area (Å²) in [5.74, 6) is 0. The molecule has 12 heteroatoms. The van der Waals surface area contributed by atoms with Crippen LogP contribution in [-0.2, 0) is 14.2 Å². The lowest BCUT2D eigenvalue weighted by Crippen LogP contribution is -2.60. The van der Waals surface area contributed by atoms with Crippen LogP contribution in [-0.4, -0.2) is 114 Å². The SMILES string of the molecule is CCCCCCCCCCCCCCCCCCCCCCCCCCN[C@@H](CO[C@@H]1O[C@H](COC(=S)Nc2ccc(N(C)C)cc2)[C@H](O)[C@H](O)[C@H]1O)[C@H](O)[C@H](O)CCCCCCCCCCCCCC. The van der Waals surface area contributed by atoms with Crippen molar-refractivity contribution in [1.29, 1.82) is 0 Å². The molecular formula is C59H111N3O8S. The Morgan fingerprint density at radius 3 is 1.37 bits per heavy atom. The highest BCUT2D eigenvalue weighted by atomic mass is 32.1. The molecule has 0 bridgehead atoms. The summed E-state index contributed by atoms with van der Waals surface area (Å²) in [5, 5.41) is 61.6. The highest BCUT2D eigenvalue weighted by Crippen LogP contribution is 2.25. The van der Waals surface area contributed by atoms with Crippen LogP contribution in [0.25, 0.3) is 0 Å². The Balaban J connectivity index is 1.71. The van der Waals surface area contributed by atoms with Gasteiger partial charge in [-0.3, -0.25) is 0 Å². The third-order valence-electron chi connectivity index (χ3n) is 14.7. The van der Waals surface area contributed by atoms with Crippen LogP contribution < -0.4 is 15.5 Å². The molecule has 0 radical (unpaired) electrons. The van der Waals surface area contributed by atoms with E-state index in [9.17, 15) is 25.5 Å². The Labute approximate surface area is 440 Å². The third-order valence-corrected chi connectivity index (χ3v) is 14.9. The Morgan fingerprint density at radius 1 is 0.563 bits per heavy atom. The number of hydrogen-bond donors (Lipinski definition) is 7. The van der Waals surface area contributed by atoms with Gasteiger partial charge in [-0.2, -0.15) is 0 Å². The van der Waals surface area contributed by atoms with Crippen molar-refractivity contribution in [2.45, 2.75) is 300 Å². The van der Waals surface area contributed by atoms with E-state index in [0.717, 1.165) is 43.5 Å². The number of anilines is 2. The smallest absolute Gasteiger partial charge is 0.261 e. The molecule has 0 saturated carbocycles. The molecule has 2 rings (SSSR count). The number of aliphatic hydroxyl groups excluding tert-OH is 5. The maximum atomic E-state index is 11.5. The van der Waals surface area contributed by atoms with Crippen LogP contribution in [0.1, 0.15) is 251 Å². The lowest BCUT2D eigenvalue weighted by atomic mass is 9.98. The number of thiocarbonyl (C=S) groups is 1. The number of nitrogens with one attached hydrogen (secondary N) is 2. The van der Waals surface area contributed by atoms with Gasteiger partial charge in [0, 0.05) is 25.5 Å². The zero-order valence-corrected chi connectivity index (χ0v) is 46.8. The Hall–Kier alpha value is -1.61. The molecular weight excluding hydrogens is 911 g/mol. The maximum absolute atomic E-state index is 11.5. The van der Waals surface area contributed by atoms with Crippen LogP contribution >= 0.6 is 12.2 Å². The van der Waals surface area contributed by atoms with E-state index in [-0.39, 0.29) is 18.4 Å². The highest BCUT2D eigenvalue weighted by Gasteiger charge is 2.45. The number of aliphatic hydroxyl groups is 5. The molecule has 0 amide bonds. The maximum Gasteiger partial charge on any atom is 0.261 e. The Bertz CT molecular complexity index is 1350. The van der Waals surface area contributed by atoms with Gasteiger partial charge in [0.15, 0.2) is 6.29 Å². The van der Waals surface area contributed by atoms with Gasteiger partial charge in [-0.15, -0.1) is 0 Å². The highest BCUT2D eigenvalue weighted by molar-refractivity contribution is 7.80. The van der Waals surface area contributed by atoms with Crippen LogP contribution in [0.2, 0.25) is 0 Å². The summed E-state index contributed by atoms with van der Waals surface area (Å²) in [6.45, 7) is 4.90. The van der Waals surface area contributed by atoms with Gasteiger partial charge in [0.25, 0.3) is 5.17 Å². The Kier molecular flexibility index (Phi) is 41.2. The number of ether oxygens (including phenoxy) is 3. The molecule has 1 aliphatic heterocycles. The molecule has 1 fully saturated rings. The second kappa shape index (κ2) is 44.7. The molecule has 8 atom stereocenters. The first-order valence-electron chi connectivity index (χ1n) is 29.7.